The van der Waals surface area contributed by atoms with Crippen LogP contribution < -0.4 is 0 Å². The van der Waals surface area contributed by atoms with Gasteiger partial charge in [-0.15, -0.1) is 11.3 Å². The molecule has 3 aromatic heterocycles. The fourth-order valence-corrected chi connectivity index (χ4v) is 4.94. The number of hydrogen-bond donors (Lipinski definition) is 1. The van der Waals surface area contributed by atoms with Crippen molar-refractivity contribution in [3.63, 3.8) is 0 Å². The Morgan fingerprint density at radius 1 is 1.11 bits per heavy atom. The van der Waals surface area contributed by atoms with Gasteiger partial charge in [-0.3, -0.25) is 10.00 Å². The number of pyridine rings is 1. The molecular formula is C23H21Cl2FN6O2S. The van der Waals surface area contributed by atoms with Crippen LogP contribution in [0.15, 0.2) is 42.9 Å². The van der Waals surface area contributed by atoms with Crippen molar-refractivity contribution < 1.29 is 13.9 Å². The zero-order valence-corrected chi connectivity index (χ0v) is 21.5. The molecule has 0 aliphatic heterocycles. The zero-order chi connectivity index (χ0) is 25.5. The third kappa shape index (κ3) is 6.21. The molecule has 0 radical (unpaired) electrons. The Labute approximate surface area is 215 Å². The Morgan fingerprint density at radius 2 is 1.86 bits per heavy atom. The van der Waals surface area contributed by atoms with E-state index in [9.17, 15) is 9.65 Å². The van der Waals surface area contributed by atoms with Gasteiger partial charge in [0.25, 0.3) is 0 Å². The van der Waals surface area contributed by atoms with Gasteiger partial charge >= 0.3 is 0 Å². The number of H-pyrrole nitrogens is 1. The van der Waals surface area contributed by atoms with Crippen LogP contribution >= 0.6 is 34.5 Å². The summed E-state index contributed by atoms with van der Waals surface area (Å²) in [6, 6.07) is 10.2. The number of benzene rings is 1. The predicted octanol–water partition coefficient (Wildman–Crippen LogP) is 5.70. The molecule has 0 saturated heterocycles. The number of methoxy groups -OCH3 is 2. The minimum Gasteiger partial charge on any atom is -0.343 e. The average molecular weight is 535 g/mol. The van der Waals surface area contributed by atoms with Crippen molar-refractivity contribution in [3.05, 3.63) is 64.4 Å². The number of nitriles is 1. The molecular weight excluding hydrogens is 514 g/mol. The highest BCUT2D eigenvalue weighted by Crippen LogP contribution is 2.48. The van der Waals surface area contributed by atoms with Gasteiger partial charge < -0.3 is 9.47 Å². The Kier molecular flexibility index (Phi) is 9.28. The minimum atomic E-state index is -0.628. The third-order valence-electron chi connectivity index (χ3n) is 4.66. The summed E-state index contributed by atoms with van der Waals surface area (Å²) in [6.07, 6.45) is 2.52. The molecule has 0 unspecified atom stereocenters. The van der Waals surface area contributed by atoms with Gasteiger partial charge in [0.1, 0.15) is 12.4 Å². The van der Waals surface area contributed by atoms with Gasteiger partial charge in [-0.1, -0.05) is 29.3 Å². The summed E-state index contributed by atoms with van der Waals surface area (Å²) < 4.78 is 23.4. The van der Waals surface area contributed by atoms with Crippen LogP contribution in [-0.2, 0) is 9.47 Å². The summed E-state index contributed by atoms with van der Waals surface area (Å²) in [5.74, 6) is -0.143. The van der Waals surface area contributed by atoms with E-state index in [0.29, 0.717) is 47.9 Å². The first-order valence-corrected chi connectivity index (χ1v) is 11.6. The van der Waals surface area contributed by atoms with Crippen molar-refractivity contribution in [1.82, 2.24) is 25.1 Å². The van der Waals surface area contributed by atoms with E-state index >= 15 is 0 Å². The van der Waals surface area contributed by atoms with Gasteiger partial charge in [0, 0.05) is 47.7 Å². The second-order valence-electron chi connectivity index (χ2n) is 7.19. The number of thiophene rings is 1. The van der Waals surface area contributed by atoms with Gasteiger partial charge in [-0.25, -0.2) is 9.97 Å². The molecule has 0 bridgehead atoms. The predicted molar refractivity (Wildman–Crippen MR) is 135 cm³/mol. The third-order valence-corrected chi connectivity index (χ3v) is 6.46. The highest BCUT2D eigenvalue weighted by atomic mass is 35.5. The molecule has 0 saturated carbocycles. The highest BCUT2D eigenvalue weighted by Gasteiger charge is 2.25. The number of nitrogens with zero attached hydrogens (tertiary/aromatic N) is 5. The monoisotopic (exact) mass is 534 g/mol. The number of ether oxygens (including phenoxy) is 2. The molecule has 1 N–H and O–H groups in total. The summed E-state index contributed by atoms with van der Waals surface area (Å²) >= 11 is 13.7. The van der Waals surface area contributed by atoms with Crippen molar-refractivity contribution in [2.45, 2.75) is 6.41 Å². The fraction of sp³-hybridized carbons (Fsp3) is 0.217. The minimum absolute atomic E-state index is 0.213. The molecule has 182 valence electrons. The van der Waals surface area contributed by atoms with Gasteiger partial charge in [-0.05, 0) is 37.9 Å². The van der Waals surface area contributed by atoms with Crippen LogP contribution in [0.4, 0.5) is 4.39 Å². The van der Waals surface area contributed by atoms with Crippen LogP contribution in [0.25, 0.3) is 32.3 Å². The maximum Gasteiger partial charge on any atom is 0.217 e. The molecule has 0 aliphatic carbocycles. The van der Waals surface area contributed by atoms with E-state index in [2.05, 4.69) is 26.2 Å². The van der Waals surface area contributed by atoms with E-state index < -0.39 is 5.95 Å². The largest absolute Gasteiger partial charge is 0.343 e. The molecule has 4 aromatic rings. The smallest absolute Gasteiger partial charge is 0.217 e. The summed E-state index contributed by atoms with van der Waals surface area (Å²) in [7, 11) is 6.98. The highest BCUT2D eigenvalue weighted by molar-refractivity contribution is 7.19. The number of halogens is 3. The molecule has 8 nitrogen and oxygen atoms in total. The van der Waals surface area contributed by atoms with E-state index in [0.717, 1.165) is 0 Å². The summed E-state index contributed by atoms with van der Waals surface area (Å²) in [5, 5.41) is 17.4. The second-order valence-corrected chi connectivity index (χ2v) is 9.05. The van der Waals surface area contributed by atoms with Crippen molar-refractivity contribution in [1.29, 1.82) is 5.26 Å². The standard InChI is InChI=1S/C18H8Cl2FN5S.C5H13NO2/c19-10-1-2-11(13(20)6-10)15-12(7-22)16(9-3-4-23-14(21)5-9)27-17(15)18-24-8-25-26-18;1-6(2)5(7-3)8-4/h1-6,8H,(H,24,25,26);5H,1-4H3. The lowest BCUT2D eigenvalue weighted by molar-refractivity contribution is -0.179. The van der Waals surface area contributed by atoms with Crippen molar-refractivity contribution in [2.75, 3.05) is 28.3 Å². The average Bonchev–Trinajstić information content (AvgIpc) is 3.48. The SMILES string of the molecule is COC(OC)N(C)C.N#Cc1c(-c2ccnc(F)c2)sc(-c2ncn[nH]2)c1-c1ccc(Cl)cc1Cl. The van der Waals surface area contributed by atoms with Gasteiger partial charge in [0.2, 0.25) is 12.4 Å². The fourth-order valence-electron chi connectivity index (χ4n) is 3.23. The van der Waals surface area contributed by atoms with Gasteiger partial charge in [-0.2, -0.15) is 14.8 Å². The normalized spacial score (nSPS) is 10.9. The maximum absolute atomic E-state index is 13.6. The lowest BCUT2D eigenvalue weighted by atomic mass is 9.98. The molecule has 0 aliphatic rings. The molecule has 0 atom stereocenters. The van der Waals surface area contributed by atoms with Crippen molar-refractivity contribution >= 4 is 34.5 Å². The molecule has 0 amide bonds. The number of aromatic amines is 1. The van der Waals surface area contributed by atoms with Crippen LogP contribution in [0.2, 0.25) is 10.0 Å². The lowest BCUT2D eigenvalue weighted by Crippen LogP contribution is -2.30. The lowest BCUT2D eigenvalue weighted by Gasteiger charge is -2.19. The molecule has 0 fully saturated rings. The van der Waals surface area contributed by atoms with Crippen LogP contribution in [0, 0.1) is 17.3 Å². The number of aromatic nitrogens is 4. The Hall–Kier alpha value is -2.91. The summed E-state index contributed by atoms with van der Waals surface area (Å²) in [6.45, 7) is 0. The molecule has 12 heteroatoms. The van der Waals surface area contributed by atoms with E-state index in [4.69, 9.17) is 32.7 Å². The van der Waals surface area contributed by atoms with Gasteiger partial charge in [0.05, 0.1) is 15.3 Å². The van der Waals surface area contributed by atoms with Crippen LogP contribution in [-0.4, -0.2) is 59.8 Å². The molecule has 35 heavy (non-hydrogen) atoms. The van der Waals surface area contributed by atoms with E-state index in [1.807, 2.05) is 19.0 Å². The zero-order valence-electron chi connectivity index (χ0n) is 19.2. The Morgan fingerprint density at radius 3 is 2.37 bits per heavy atom. The first-order chi connectivity index (χ1) is 16.8. The topological polar surface area (TPSA) is 100.0 Å². The first kappa shape index (κ1) is 26.7. The Bertz CT molecular complexity index is 1320. The summed E-state index contributed by atoms with van der Waals surface area (Å²) in [5.41, 5.74) is 2.12. The molecule has 1 aromatic carbocycles. The number of rotatable bonds is 6. The van der Waals surface area contributed by atoms with E-state index in [1.165, 1.54) is 29.9 Å². The van der Waals surface area contributed by atoms with E-state index in [1.54, 1.807) is 38.5 Å². The van der Waals surface area contributed by atoms with E-state index in [-0.39, 0.29) is 6.41 Å². The number of hydrogen-bond acceptors (Lipinski definition) is 8. The van der Waals surface area contributed by atoms with Crippen LogP contribution in [0.3, 0.4) is 0 Å². The second kappa shape index (κ2) is 12.2. The van der Waals surface area contributed by atoms with Gasteiger partial charge in [0.15, 0.2) is 5.82 Å². The number of nitrogens with one attached hydrogen (secondary N) is 1. The molecule has 4 rings (SSSR count). The first-order valence-electron chi connectivity index (χ1n) is 10.0. The van der Waals surface area contributed by atoms with Crippen molar-refractivity contribution in [2.24, 2.45) is 0 Å². The molecule has 3 heterocycles. The van der Waals surface area contributed by atoms with Crippen LogP contribution in [0.1, 0.15) is 5.56 Å². The quantitative estimate of drug-likeness (QED) is 0.250. The summed E-state index contributed by atoms with van der Waals surface area (Å²) in [4.78, 5) is 10.9. The molecule has 0 spiro atoms. The van der Waals surface area contributed by atoms with Crippen molar-refractivity contribution in [3.8, 4) is 38.3 Å². The maximum atomic E-state index is 13.6. The van der Waals surface area contributed by atoms with Crippen LogP contribution in [0.5, 0.6) is 0 Å². The Balaban J connectivity index is 0.000000371.